The molecule has 1 aromatic rings. The third kappa shape index (κ3) is 4.78. The normalized spacial score (nSPS) is 23.5. The topological polar surface area (TPSA) is 88.4 Å². The molecule has 146 valence electrons. The summed E-state index contributed by atoms with van der Waals surface area (Å²) >= 11 is 0. The van der Waals surface area contributed by atoms with Gasteiger partial charge in [-0.1, -0.05) is 12.8 Å². The first-order valence-electron chi connectivity index (χ1n) is 9.58. The third-order valence-corrected chi connectivity index (χ3v) is 7.47. The lowest BCUT2D eigenvalue weighted by molar-refractivity contribution is 0.553. The van der Waals surface area contributed by atoms with E-state index in [0.717, 1.165) is 29.3 Å². The van der Waals surface area contributed by atoms with Gasteiger partial charge in [0.05, 0.1) is 23.7 Å². The van der Waals surface area contributed by atoms with Crippen LogP contribution in [0.3, 0.4) is 0 Å². The van der Waals surface area contributed by atoms with Gasteiger partial charge in [0.25, 0.3) is 0 Å². The molecule has 0 amide bonds. The monoisotopic (exact) mass is 381 g/mol. The summed E-state index contributed by atoms with van der Waals surface area (Å²) < 4.78 is 25.2. The largest absolute Gasteiger partial charge is 0.356 e. The Labute approximate surface area is 156 Å². The van der Waals surface area contributed by atoms with Crippen molar-refractivity contribution in [3.8, 4) is 0 Å². The fourth-order valence-corrected chi connectivity index (χ4v) is 5.76. The van der Waals surface area contributed by atoms with Crippen LogP contribution in [0.5, 0.6) is 0 Å². The van der Waals surface area contributed by atoms with Crippen LogP contribution in [0.1, 0.15) is 49.1 Å². The van der Waals surface area contributed by atoms with Gasteiger partial charge in [-0.15, -0.1) is 0 Å². The van der Waals surface area contributed by atoms with E-state index < -0.39 is 9.84 Å². The lowest BCUT2D eigenvalue weighted by atomic mass is 10.1. The maximum absolute atomic E-state index is 11.7. The molecule has 1 unspecified atom stereocenters. The van der Waals surface area contributed by atoms with Gasteiger partial charge in [-0.3, -0.25) is 4.68 Å². The van der Waals surface area contributed by atoms with Crippen LogP contribution in [-0.4, -0.2) is 48.3 Å². The molecule has 0 radical (unpaired) electrons. The van der Waals surface area contributed by atoms with Crippen LogP contribution in [-0.2, 0) is 23.4 Å². The molecular formula is C18H31N5O2S. The Hall–Kier alpha value is -1.57. The predicted octanol–water partition coefficient (Wildman–Crippen LogP) is 1.45. The van der Waals surface area contributed by atoms with Gasteiger partial charge in [0.15, 0.2) is 15.8 Å². The quantitative estimate of drug-likeness (QED) is 0.595. The van der Waals surface area contributed by atoms with Crippen molar-refractivity contribution in [2.75, 3.05) is 18.1 Å². The molecule has 2 fully saturated rings. The second kappa shape index (κ2) is 7.98. The predicted molar refractivity (Wildman–Crippen MR) is 104 cm³/mol. The Morgan fingerprint density at radius 3 is 2.58 bits per heavy atom. The fraction of sp³-hybridized carbons (Fsp3) is 0.778. The molecule has 1 aromatic heterocycles. The number of nitrogens with zero attached hydrogens (tertiary/aromatic N) is 3. The van der Waals surface area contributed by atoms with Gasteiger partial charge < -0.3 is 10.6 Å². The van der Waals surface area contributed by atoms with E-state index in [4.69, 9.17) is 4.99 Å². The van der Waals surface area contributed by atoms with Gasteiger partial charge >= 0.3 is 0 Å². The molecule has 7 nitrogen and oxygen atoms in total. The van der Waals surface area contributed by atoms with Crippen molar-refractivity contribution in [2.45, 2.75) is 58.5 Å². The Balaban J connectivity index is 1.65. The molecule has 0 bridgehead atoms. The highest BCUT2D eigenvalue weighted by molar-refractivity contribution is 7.91. The van der Waals surface area contributed by atoms with E-state index in [-0.39, 0.29) is 11.7 Å². The van der Waals surface area contributed by atoms with E-state index in [1.807, 2.05) is 18.7 Å². The molecule has 2 N–H and O–H groups in total. The average molecular weight is 382 g/mol. The summed E-state index contributed by atoms with van der Waals surface area (Å²) in [5.74, 6) is 1.58. The molecule has 1 aliphatic heterocycles. The Bertz CT molecular complexity index is 763. The summed E-state index contributed by atoms with van der Waals surface area (Å²) in [6.07, 6.45) is 5.60. The maximum atomic E-state index is 11.7. The minimum absolute atomic E-state index is 0.178. The van der Waals surface area contributed by atoms with E-state index >= 15 is 0 Å². The number of hydrogen-bond donors (Lipinski definition) is 2. The minimum atomic E-state index is -2.84. The first kappa shape index (κ1) is 19.2. The van der Waals surface area contributed by atoms with Gasteiger partial charge in [0, 0.05) is 30.9 Å². The molecule has 0 spiro atoms. The zero-order chi connectivity index (χ0) is 18.7. The molecule has 1 atom stereocenters. The van der Waals surface area contributed by atoms with Gasteiger partial charge in [0.2, 0.25) is 0 Å². The Morgan fingerprint density at radius 2 is 2.00 bits per heavy atom. The number of aryl methyl sites for hydroxylation is 2. The number of aliphatic imine (C=N–C) groups is 1. The summed E-state index contributed by atoms with van der Waals surface area (Å²) in [6.45, 7) is 5.31. The van der Waals surface area contributed by atoms with Crippen molar-refractivity contribution in [1.82, 2.24) is 20.4 Å². The number of nitrogens with one attached hydrogen (secondary N) is 2. The van der Waals surface area contributed by atoms with E-state index in [1.54, 1.807) is 0 Å². The summed E-state index contributed by atoms with van der Waals surface area (Å²) in [7, 11) is -0.890. The van der Waals surface area contributed by atoms with E-state index in [9.17, 15) is 8.42 Å². The van der Waals surface area contributed by atoms with Crippen LogP contribution in [0.2, 0.25) is 0 Å². The molecule has 8 heteroatoms. The highest BCUT2D eigenvalue weighted by Gasteiger charge is 2.28. The Kier molecular flexibility index (Phi) is 5.89. The average Bonchev–Trinajstić information content (AvgIpc) is 3.26. The number of hydrogen-bond acceptors (Lipinski definition) is 4. The second-order valence-electron chi connectivity index (χ2n) is 7.71. The summed E-state index contributed by atoms with van der Waals surface area (Å²) in [6, 6.07) is 0.463. The van der Waals surface area contributed by atoms with Crippen LogP contribution in [0.4, 0.5) is 0 Å². The van der Waals surface area contributed by atoms with Crippen LogP contribution in [0.15, 0.2) is 4.99 Å². The van der Waals surface area contributed by atoms with Gasteiger partial charge in [-0.25, -0.2) is 13.4 Å². The van der Waals surface area contributed by atoms with Crippen LogP contribution in [0.25, 0.3) is 0 Å². The second-order valence-corrected chi connectivity index (χ2v) is 9.94. The lowest BCUT2D eigenvalue weighted by Gasteiger charge is -2.19. The van der Waals surface area contributed by atoms with E-state index in [2.05, 4.69) is 22.7 Å². The maximum Gasteiger partial charge on any atom is 0.191 e. The van der Waals surface area contributed by atoms with Gasteiger partial charge in [0.1, 0.15) is 0 Å². The highest BCUT2D eigenvalue weighted by Crippen LogP contribution is 2.19. The van der Waals surface area contributed by atoms with E-state index in [1.165, 1.54) is 25.7 Å². The molecule has 2 heterocycles. The molecule has 1 saturated heterocycles. The van der Waals surface area contributed by atoms with Crippen molar-refractivity contribution in [1.29, 1.82) is 0 Å². The van der Waals surface area contributed by atoms with Crippen molar-refractivity contribution in [3.05, 3.63) is 17.0 Å². The summed E-state index contributed by atoms with van der Waals surface area (Å²) in [5.41, 5.74) is 3.30. The summed E-state index contributed by atoms with van der Waals surface area (Å²) in [4.78, 5) is 4.78. The molecule has 1 aliphatic carbocycles. The first-order chi connectivity index (χ1) is 12.3. The van der Waals surface area contributed by atoms with Crippen molar-refractivity contribution in [3.63, 3.8) is 0 Å². The molecule has 0 aromatic carbocycles. The van der Waals surface area contributed by atoms with Crippen molar-refractivity contribution < 1.29 is 8.42 Å². The molecule has 26 heavy (non-hydrogen) atoms. The number of sulfone groups is 1. The first-order valence-corrected chi connectivity index (χ1v) is 11.4. The van der Waals surface area contributed by atoms with Crippen LogP contribution in [0, 0.1) is 19.8 Å². The zero-order valence-electron chi connectivity index (χ0n) is 16.1. The standard InChI is InChI=1S/C18H31N5O2S/c1-13-17(14(2)23(3)22-13)11-20-18(21-16-6-4-5-7-16)19-10-15-8-9-26(24,25)12-15/h15-16H,4-12H2,1-3H3,(H2,19,20,21). The Morgan fingerprint density at radius 1 is 1.27 bits per heavy atom. The smallest absolute Gasteiger partial charge is 0.191 e. The molecule has 1 saturated carbocycles. The number of guanidine groups is 1. The zero-order valence-corrected chi connectivity index (χ0v) is 16.9. The van der Waals surface area contributed by atoms with Crippen LogP contribution < -0.4 is 10.6 Å². The van der Waals surface area contributed by atoms with Crippen LogP contribution >= 0.6 is 0 Å². The molecular weight excluding hydrogens is 350 g/mol. The molecule has 3 rings (SSSR count). The van der Waals surface area contributed by atoms with Gasteiger partial charge in [-0.05, 0) is 39.0 Å². The SMILES string of the molecule is Cc1nn(C)c(C)c1CN=C(NCC1CCS(=O)(=O)C1)NC1CCCC1. The minimum Gasteiger partial charge on any atom is -0.356 e. The summed E-state index contributed by atoms with van der Waals surface area (Å²) in [5, 5.41) is 11.4. The fourth-order valence-electron chi connectivity index (χ4n) is 3.89. The van der Waals surface area contributed by atoms with Crippen molar-refractivity contribution >= 4 is 15.8 Å². The highest BCUT2D eigenvalue weighted by atomic mass is 32.2. The molecule has 2 aliphatic rings. The van der Waals surface area contributed by atoms with Crippen molar-refractivity contribution in [2.24, 2.45) is 18.0 Å². The lowest BCUT2D eigenvalue weighted by Crippen LogP contribution is -2.44. The number of rotatable bonds is 5. The van der Waals surface area contributed by atoms with E-state index in [0.29, 0.717) is 24.9 Å². The third-order valence-electron chi connectivity index (χ3n) is 5.64. The van der Waals surface area contributed by atoms with Gasteiger partial charge in [-0.2, -0.15) is 5.10 Å². The number of aromatic nitrogens is 2.